The number of non-ortho nitro benzene ring substituents is 1. The molecular formula is C13H13N5O2S2. The number of nitrogens with one attached hydrogen (secondary N) is 1. The Balaban J connectivity index is 2.10. The number of nitro groups is 1. The van der Waals surface area contributed by atoms with Crippen molar-refractivity contribution in [3.63, 3.8) is 0 Å². The Kier molecular flexibility index (Phi) is 5.68. The van der Waals surface area contributed by atoms with E-state index in [2.05, 4.69) is 22.4 Å². The van der Waals surface area contributed by atoms with E-state index in [-0.39, 0.29) is 11.3 Å². The Morgan fingerprint density at radius 2 is 2.32 bits per heavy atom. The van der Waals surface area contributed by atoms with Crippen LogP contribution in [0.3, 0.4) is 0 Å². The highest BCUT2D eigenvalue weighted by Gasteiger charge is 2.13. The molecule has 0 bridgehead atoms. The summed E-state index contributed by atoms with van der Waals surface area (Å²) in [5.74, 6) is 0. The molecule has 0 amide bonds. The van der Waals surface area contributed by atoms with Gasteiger partial charge >= 0.3 is 0 Å². The molecule has 0 aliphatic rings. The molecule has 1 N–H and O–H groups in total. The fourth-order valence-corrected chi connectivity index (χ4v) is 3.39. The van der Waals surface area contributed by atoms with Crippen LogP contribution in [0.15, 0.2) is 27.4 Å². The van der Waals surface area contributed by atoms with Crippen LogP contribution >= 0.6 is 23.1 Å². The molecule has 0 aliphatic carbocycles. The second kappa shape index (κ2) is 7.72. The van der Waals surface area contributed by atoms with Crippen molar-refractivity contribution in [2.75, 3.05) is 11.9 Å². The van der Waals surface area contributed by atoms with Crippen LogP contribution in [0.1, 0.15) is 25.3 Å². The standard InChI is InChI=1S/C13H13N5O2S2/c1-2-3-6-15-12-16-17-13(22-12)21-11-5-4-10(18(19)20)7-9(11)8-14/h4-5,7H,2-3,6H2,1H3,(H,15,16). The Morgan fingerprint density at radius 1 is 1.50 bits per heavy atom. The topological polar surface area (TPSA) is 105 Å². The minimum atomic E-state index is -0.518. The molecule has 0 atom stereocenters. The minimum Gasteiger partial charge on any atom is -0.360 e. The van der Waals surface area contributed by atoms with Crippen LogP contribution in [0.25, 0.3) is 0 Å². The maximum atomic E-state index is 10.7. The van der Waals surface area contributed by atoms with Crippen LogP contribution in [0.4, 0.5) is 10.8 Å². The van der Waals surface area contributed by atoms with Gasteiger partial charge < -0.3 is 5.32 Å². The van der Waals surface area contributed by atoms with Gasteiger partial charge in [-0.15, -0.1) is 10.2 Å². The SMILES string of the molecule is CCCCNc1nnc(Sc2ccc([N+](=O)[O-])cc2C#N)s1. The molecular weight excluding hydrogens is 322 g/mol. The van der Waals surface area contributed by atoms with Gasteiger partial charge in [-0.25, -0.2) is 0 Å². The van der Waals surface area contributed by atoms with E-state index in [1.54, 1.807) is 6.07 Å². The average Bonchev–Trinajstić information content (AvgIpc) is 2.95. The summed E-state index contributed by atoms with van der Waals surface area (Å²) in [7, 11) is 0. The quantitative estimate of drug-likeness (QED) is 0.467. The lowest BCUT2D eigenvalue weighted by Crippen LogP contribution is -1.99. The number of hydrogen-bond donors (Lipinski definition) is 1. The fraction of sp³-hybridized carbons (Fsp3) is 0.308. The van der Waals surface area contributed by atoms with Crippen molar-refractivity contribution >= 4 is 33.9 Å². The van der Waals surface area contributed by atoms with E-state index in [0.717, 1.165) is 24.5 Å². The summed E-state index contributed by atoms with van der Waals surface area (Å²) in [6, 6.07) is 6.18. The van der Waals surface area contributed by atoms with E-state index < -0.39 is 4.92 Å². The van der Waals surface area contributed by atoms with Crippen molar-refractivity contribution < 1.29 is 4.92 Å². The van der Waals surface area contributed by atoms with Gasteiger partial charge in [-0.1, -0.05) is 36.4 Å². The highest BCUT2D eigenvalue weighted by Crippen LogP contribution is 2.35. The Bertz CT molecular complexity index is 711. The smallest absolute Gasteiger partial charge is 0.270 e. The molecule has 0 radical (unpaired) electrons. The molecule has 1 aromatic heterocycles. The van der Waals surface area contributed by atoms with Gasteiger partial charge in [0.25, 0.3) is 5.69 Å². The Morgan fingerprint density at radius 3 is 3.00 bits per heavy atom. The third-order valence-corrected chi connectivity index (χ3v) is 4.71. The van der Waals surface area contributed by atoms with Crippen LogP contribution in [0.5, 0.6) is 0 Å². The molecule has 0 saturated carbocycles. The predicted molar refractivity (Wildman–Crippen MR) is 85.2 cm³/mol. The second-order valence-electron chi connectivity index (χ2n) is 4.30. The van der Waals surface area contributed by atoms with Crippen molar-refractivity contribution in [3.05, 3.63) is 33.9 Å². The molecule has 2 aromatic rings. The van der Waals surface area contributed by atoms with Crippen LogP contribution in [-0.2, 0) is 0 Å². The van der Waals surface area contributed by atoms with Gasteiger partial charge in [-0.3, -0.25) is 10.1 Å². The van der Waals surface area contributed by atoms with Crippen LogP contribution < -0.4 is 5.32 Å². The number of unbranched alkanes of at least 4 members (excludes halogenated alkanes) is 1. The summed E-state index contributed by atoms with van der Waals surface area (Å²) >= 11 is 2.67. The van der Waals surface area contributed by atoms with Gasteiger partial charge in [0.1, 0.15) is 6.07 Å². The van der Waals surface area contributed by atoms with E-state index in [0.29, 0.717) is 9.24 Å². The van der Waals surface area contributed by atoms with Crippen molar-refractivity contribution in [1.82, 2.24) is 10.2 Å². The van der Waals surface area contributed by atoms with Gasteiger partial charge in [-0.2, -0.15) is 5.26 Å². The zero-order valence-corrected chi connectivity index (χ0v) is 13.4. The first-order valence-corrected chi connectivity index (χ1v) is 8.21. The number of nitro benzene ring substituents is 1. The number of nitriles is 1. The molecule has 0 unspecified atom stereocenters. The van der Waals surface area contributed by atoms with Gasteiger partial charge in [0.2, 0.25) is 5.13 Å². The van der Waals surface area contributed by atoms with Crippen LogP contribution in [-0.4, -0.2) is 21.7 Å². The largest absolute Gasteiger partial charge is 0.360 e. The number of rotatable bonds is 7. The monoisotopic (exact) mass is 335 g/mol. The van der Waals surface area contributed by atoms with Crippen LogP contribution in [0, 0.1) is 21.4 Å². The molecule has 2 rings (SSSR count). The summed E-state index contributed by atoms with van der Waals surface area (Å²) in [5, 5.41) is 31.8. The van der Waals surface area contributed by atoms with Crippen LogP contribution in [0.2, 0.25) is 0 Å². The minimum absolute atomic E-state index is 0.0971. The molecule has 1 aromatic carbocycles. The fourth-order valence-electron chi connectivity index (χ4n) is 1.60. The lowest BCUT2D eigenvalue weighted by atomic mass is 10.2. The molecule has 7 nitrogen and oxygen atoms in total. The highest BCUT2D eigenvalue weighted by molar-refractivity contribution is 8.01. The lowest BCUT2D eigenvalue weighted by Gasteiger charge is -2.00. The summed E-state index contributed by atoms with van der Waals surface area (Å²) < 4.78 is 0.685. The third kappa shape index (κ3) is 4.16. The molecule has 9 heteroatoms. The highest BCUT2D eigenvalue weighted by atomic mass is 32.2. The zero-order valence-electron chi connectivity index (χ0n) is 11.8. The van der Waals surface area contributed by atoms with Crippen molar-refractivity contribution in [1.29, 1.82) is 5.26 Å². The second-order valence-corrected chi connectivity index (χ2v) is 6.57. The number of nitrogens with zero attached hydrogens (tertiary/aromatic N) is 4. The van der Waals surface area contributed by atoms with E-state index in [4.69, 9.17) is 5.26 Å². The first-order chi connectivity index (χ1) is 10.6. The first kappa shape index (κ1) is 16.2. The molecule has 0 spiro atoms. The summed E-state index contributed by atoms with van der Waals surface area (Å²) in [6.07, 6.45) is 2.16. The number of benzene rings is 1. The van der Waals surface area contributed by atoms with Crippen molar-refractivity contribution in [2.24, 2.45) is 0 Å². The Hall–Kier alpha value is -2.18. The number of aromatic nitrogens is 2. The first-order valence-electron chi connectivity index (χ1n) is 6.57. The van der Waals surface area contributed by atoms with E-state index in [1.165, 1.54) is 35.2 Å². The molecule has 22 heavy (non-hydrogen) atoms. The van der Waals surface area contributed by atoms with Crippen molar-refractivity contribution in [2.45, 2.75) is 29.0 Å². The molecule has 1 heterocycles. The zero-order chi connectivity index (χ0) is 15.9. The molecule has 114 valence electrons. The predicted octanol–water partition coefficient (Wildman–Crippen LogP) is 3.68. The van der Waals surface area contributed by atoms with E-state index in [9.17, 15) is 10.1 Å². The lowest BCUT2D eigenvalue weighted by molar-refractivity contribution is -0.384. The van der Waals surface area contributed by atoms with Gasteiger partial charge in [0.15, 0.2) is 4.34 Å². The maximum absolute atomic E-state index is 10.7. The maximum Gasteiger partial charge on any atom is 0.270 e. The summed E-state index contributed by atoms with van der Waals surface area (Å²) in [6.45, 7) is 2.96. The van der Waals surface area contributed by atoms with Gasteiger partial charge in [0.05, 0.1) is 10.5 Å². The Labute approximate surface area is 135 Å². The van der Waals surface area contributed by atoms with E-state index >= 15 is 0 Å². The molecule has 0 aliphatic heterocycles. The summed E-state index contributed by atoms with van der Waals surface area (Å²) in [5.41, 5.74) is 0.162. The summed E-state index contributed by atoms with van der Waals surface area (Å²) in [4.78, 5) is 10.8. The number of anilines is 1. The average molecular weight is 335 g/mol. The van der Waals surface area contributed by atoms with Gasteiger partial charge in [-0.05, 0) is 12.5 Å². The van der Waals surface area contributed by atoms with Gasteiger partial charge in [0, 0.05) is 23.6 Å². The van der Waals surface area contributed by atoms with Crippen molar-refractivity contribution in [3.8, 4) is 6.07 Å². The third-order valence-electron chi connectivity index (χ3n) is 2.70. The van der Waals surface area contributed by atoms with E-state index in [1.807, 2.05) is 6.07 Å². The number of hydrogen-bond acceptors (Lipinski definition) is 8. The molecule has 0 saturated heterocycles. The normalized spacial score (nSPS) is 10.2. The molecule has 0 fully saturated rings.